The number of halogens is 4. The Labute approximate surface area is 152 Å². The fourth-order valence-corrected chi connectivity index (χ4v) is 3.49. The molecule has 148 valence electrons. The SMILES string of the molecule is COC(=O)N1CC(N(C(=O)OC)C2(c3ccc(F)c(C(F)(F)F)c3)CC2)C1. The van der Waals surface area contributed by atoms with E-state index in [1.165, 1.54) is 30.1 Å². The number of hydrogen-bond donors (Lipinski definition) is 0. The molecule has 1 aromatic rings. The Hall–Kier alpha value is -2.52. The number of methoxy groups -OCH3 is 2. The molecule has 0 bridgehead atoms. The quantitative estimate of drug-likeness (QED) is 0.743. The highest BCUT2D eigenvalue weighted by atomic mass is 19.4. The number of carbonyl (C=O) groups excluding carboxylic acids is 2. The molecular weight excluding hydrogens is 372 g/mol. The van der Waals surface area contributed by atoms with E-state index in [9.17, 15) is 27.2 Å². The van der Waals surface area contributed by atoms with Crippen LogP contribution < -0.4 is 0 Å². The van der Waals surface area contributed by atoms with Crippen molar-refractivity contribution in [2.45, 2.75) is 30.6 Å². The molecule has 6 nitrogen and oxygen atoms in total. The highest BCUT2D eigenvalue weighted by Crippen LogP contribution is 2.53. The first kappa shape index (κ1) is 19.2. The summed E-state index contributed by atoms with van der Waals surface area (Å²) in [5, 5.41) is 0. The molecule has 10 heteroatoms. The molecule has 0 spiro atoms. The van der Waals surface area contributed by atoms with Crippen LogP contribution >= 0.6 is 0 Å². The van der Waals surface area contributed by atoms with Crippen molar-refractivity contribution in [3.63, 3.8) is 0 Å². The van der Waals surface area contributed by atoms with Gasteiger partial charge in [0, 0.05) is 13.1 Å². The number of alkyl halides is 3. The number of likely N-dealkylation sites (tertiary alicyclic amines) is 1. The second kappa shape index (κ2) is 6.58. The Morgan fingerprint density at radius 1 is 1.19 bits per heavy atom. The molecule has 0 radical (unpaired) electrons. The van der Waals surface area contributed by atoms with Gasteiger partial charge in [0.25, 0.3) is 0 Å². The average molecular weight is 390 g/mol. The molecule has 0 N–H and O–H groups in total. The van der Waals surface area contributed by atoms with Crippen LogP contribution in [0.15, 0.2) is 18.2 Å². The zero-order valence-corrected chi connectivity index (χ0v) is 14.7. The lowest BCUT2D eigenvalue weighted by atomic mass is 9.96. The fraction of sp³-hybridized carbons (Fsp3) is 0.529. The molecule has 1 saturated carbocycles. The van der Waals surface area contributed by atoms with Crippen LogP contribution in [0.2, 0.25) is 0 Å². The van der Waals surface area contributed by atoms with Crippen molar-refractivity contribution in [2.75, 3.05) is 27.3 Å². The summed E-state index contributed by atoms with van der Waals surface area (Å²) in [6.07, 6.45) is -5.27. The zero-order chi connectivity index (χ0) is 20.0. The van der Waals surface area contributed by atoms with E-state index >= 15 is 0 Å². The van der Waals surface area contributed by atoms with E-state index < -0.39 is 41.3 Å². The van der Waals surface area contributed by atoms with Gasteiger partial charge in [-0.1, -0.05) is 6.07 Å². The van der Waals surface area contributed by atoms with Crippen LogP contribution in [0.5, 0.6) is 0 Å². The summed E-state index contributed by atoms with van der Waals surface area (Å²) >= 11 is 0. The minimum absolute atomic E-state index is 0.177. The normalized spacial score (nSPS) is 18.5. The van der Waals surface area contributed by atoms with Crippen molar-refractivity contribution in [1.29, 1.82) is 0 Å². The zero-order valence-electron chi connectivity index (χ0n) is 14.7. The Balaban J connectivity index is 1.92. The van der Waals surface area contributed by atoms with E-state index in [1.54, 1.807) is 0 Å². The Morgan fingerprint density at radius 2 is 1.81 bits per heavy atom. The van der Waals surface area contributed by atoms with Crippen molar-refractivity contribution in [3.8, 4) is 0 Å². The highest BCUT2D eigenvalue weighted by molar-refractivity contribution is 5.73. The second-order valence-corrected chi connectivity index (χ2v) is 6.59. The van der Waals surface area contributed by atoms with Gasteiger partial charge in [-0.25, -0.2) is 14.0 Å². The van der Waals surface area contributed by atoms with Gasteiger partial charge in [0.15, 0.2) is 0 Å². The molecule has 2 aliphatic rings. The van der Waals surface area contributed by atoms with Gasteiger partial charge in [-0.2, -0.15) is 13.2 Å². The van der Waals surface area contributed by atoms with Gasteiger partial charge in [-0.15, -0.1) is 0 Å². The Kier molecular flexibility index (Phi) is 4.69. The molecule has 2 fully saturated rings. The molecule has 0 aromatic heterocycles. The van der Waals surface area contributed by atoms with Gasteiger partial charge in [0.05, 0.1) is 31.4 Å². The third kappa shape index (κ3) is 3.28. The first-order valence-electron chi connectivity index (χ1n) is 8.21. The van der Waals surface area contributed by atoms with Crippen LogP contribution in [0.3, 0.4) is 0 Å². The molecular formula is C17H18F4N2O4. The maximum atomic E-state index is 13.6. The van der Waals surface area contributed by atoms with Crippen molar-refractivity contribution in [1.82, 2.24) is 9.80 Å². The summed E-state index contributed by atoms with van der Waals surface area (Å²) < 4.78 is 62.3. The summed E-state index contributed by atoms with van der Waals surface area (Å²) in [7, 11) is 2.40. The maximum absolute atomic E-state index is 13.6. The molecule has 3 rings (SSSR count). The number of nitrogens with zero attached hydrogens (tertiary/aromatic N) is 2. The molecule has 2 amide bonds. The second-order valence-electron chi connectivity index (χ2n) is 6.59. The van der Waals surface area contributed by atoms with Gasteiger partial charge in [-0.05, 0) is 30.5 Å². The monoisotopic (exact) mass is 390 g/mol. The van der Waals surface area contributed by atoms with Gasteiger partial charge >= 0.3 is 18.4 Å². The largest absolute Gasteiger partial charge is 0.453 e. The van der Waals surface area contributed by atoms with Gasteiger partial charge in [-0.3, -0.25) is 4.90 Å². The Bertz CT molecular complexity index is 758. The van der Waals surface area contributed by atoms with Crippen LogP contribution in [0, 0.1) is 5.82 Å². The third-order valence-electron chi connectivity index (χ3n) is 5.03. The number of benzene rings is 1. The summed E-state index contributed by atoms with van der Waals surface area (Å²) in [5.41, 5.74) is -2.19. The summed E-state index contributed by atoms with van der Waals surface area (Å²) in [5.74, 6) is -1.37. The van der Waals surface area contributed by atoms with Crippen molar-refractivity contribution >= 4 is 12.2 Å². The van der Waals surface area contributed by atoms with Crippen LogP contribution in [0.25, 0.3) is 0 Å². The highest BCUT2D eigenvalue weighted by Gasteiger charge is 2.57. The first-order chi connectivity index (χ1) is 12.6. The van der Waals surface area contributed by atoms with E-state index in [0.717, 1.165) is 12.1 Å². The number of rotatable bonds is 3. The molecule has 1 saturated heterocycles. The standard InChI is InChI=1S/C17H18F4N2O4/c1-26-14(24)22-8-11(9-22)23(15(25)27-2)16(5-6-16)10-3-4-13(18)12(7-10)17(19,20)21/h3-4,7,11H,5-6,8-9H2,1-2H3. The van der Waals surface area contributed by atoms with E-state index in [2.05, 4.69) is 4.74 Å². The average Bonchev–Trinajstić information content (AvgIpc) is 3.37. The van der Waals surface area contributed by atoms with Gasteiger partial charge in [0.1, 0.15) is 5.82 Å². The van der Waals surface area contributed by atoms with E-state index in [1.807, 2.05) is 0 Å². The first-order valence-corrected chi connectivity index (χ1v) is 8.21. The molecule has 27 heavy (non-hydrogen) atoms. The predicted molar refractivity (Wildman–Crippen MR) is 84.3 cm³/mol. The van der Waals surface area contributed by atoms with E-state index in [4.69, 9.17) is 4.74 Å². The molecule has 1 aliphatic heterocycles. The van der Waals surface area contributed by atoms with Crippen molar-refractivity contribution in [3.05, 3.63) is 35.1 Å². The van der Waals surface area contributed by atoms with Crippen LogP contribution in [-0.2, 0) is 21.2 Å². The van der Waals surface area contributed by atoms with E-state index in [-0.39, 0.29) is 18.7 Å². The molecule has 0 unspecified atom stereocenters. The van der Waals surface area contributed by atoms with Crippen LogP contribution in [0.1, 0.15) is 24.0 Å². The number of amides is 2. The van der Waals surface area contributed by atoms with Crippen LogP contribution in [-0.4, -0.2) is 55.3 Å². The fourth-order valence-electron chi connectivity index (χ4n) is 3.49. The Morgan fingerprint density at radius 3 is 2.30 bits per heavy atom. The minimum Gasteiger partial charge on any atom is -0.453 e. The molecule has 1 aromatic carbocycles. The number of hydrogen-bond acceptors (Lipinski definition) is 4. The minimum atomic E-state index is -4.84. The van der Waals surface area contributed by atoms with Crippen molar-refractivity contribution in [2.24, 2.45) is 0 Å². The number of carbonyl (C=O) groups is 2. The molecule has 1 heterocycles. The third-order valence-corrected chi connectivity index (χ3v) is 5.03. The lowest BCUT2D eigenvalue weighted by molar-refractivity contribution is -0.140. The smallest absolute Gasteiger partial charge is 0.419 e. The topological polar surface area (TPSA) is 59.1 Å². The predicted octanol–water partition coefficient (Wildman–Crippen LogP) is 3.35. The molecule has 1 aliphatic carbocycles. The maximum Gasteiger partial charge on any atom is 0.419 e. The lowest BCUT2D eigenvalue weighted by Gasteiger charge is -2.47. The van der Waals surface area contributed by atoms with Crippen LogP contribution in [0.4, 0.5) is 27.2 Å². The molecule has 0 atom stereocenters. The van der Waals surface area contributed by atoms with Crippen molar-refractivity contribution < 1.29 is 36.6 Å². The lowest BCUT2D eigenvalue weighted by Crippen LogP contribution is -2.64. The summed E-state index contributed by atoms with van der Waals surface area (Å²) in [4.78, 5) is 26.6. The number of ether oxygens (including phenoxy) is 2. The summed E-state index contributed by atoms with van der Waals surface area (Å²) in [6, 6.07) is 2.33. The van der Waals surface area contributed by atoms with Gasteiger partial charge in [0.2, 0.25) is 0 Å². The van der Waals surface area contributed by atoms with E-state index in [0.29, 0.717) is 12.8 Å². The summed E-state index contributed by atoms with van der Waals surface area (Å²) in [6.45, 7) is 0.355. The van der Waals surface area contributed by atoms with Gasteiger partial charge < -0.3 is 14.4 Å².